The van der Waals surface area contributed by atoms with E-state index in [-0.39, 0.29) is 0 Å². The number of quaternary nitrogens is 6. The molecule has 15 nitrogen and oxygen atoms in total. The van der Waals surface area contributed by atoms with Crippen molar-refractivity contribution in [2.45, 2.75) is 38.5 Å². The van der Waals surface area contributed by atoms with Gasteiger partial charge in [-0.2, -0.15) is 13.5 Å². The lowest BCUT2D eigenvalue weighted by atomic mass is 10.4. The molecule has 0 bridgehead atoms. The summed E-state index contributed by atoms with van der Waals surface area (Å²) < 4.78 is 23.2. The van der Waals surface area contributed by atoms with Crippen molar-refractivity contribution < 1.29 is 26.9 Å². The Morgan fingerprint density at radius 2 is 0.389 bits per heavy atom. The summed E-state index contributed by atoms with van der Waals surface area (Å²) in [5.41, 5.74) is 0. The van der Waals surface area contributed by atoms with Gasteiger partial charge in [-0.25, -0.2) is 0 Å². The third-order valence-electron chi connectivity index (χ3n) is 8.80. The third-order valence-corrected chi connectivity index (χ3v) is 19.0. The van der Waals surface area contributed by atoms with Crippen LogP contribution in [0, 0.1) is 0 Å². The molecule has 6 N–H and O–H groups in total. The maximum absolute atomic E-state index is 5.88. The van der Waals surface area contributed by atoms with Crippen molar-refractivity contribution in [3.63, 3.8) is 0 Å². The summed E-state index contributed by atoms with van der Waals surface area (Å²) in [6.45, 7) is 11.6. The normalized spacial score (nSPS) is 17.9. The summed E-state index contributed by atoms with van der Waals surface area (Å²) in [7, 11) is 33.0. The van der Waals surface area contributed by atoms with E-state index in [9.17, 15) is 0 Å². The number of nitrogens with one attached hydrogen (secondary N) is 6. The molecule has 0 radical (unpaired) electrons. The Hall–Kier alpha value is 0.210. The summed E-state index contributed by atoms with van der Waals surface area (Å²) in [6.07, 6.45) is 6.29. The molecule has 0 saturated carbocycles. The van der Waals surface area contributed by atoms with Crippen LogP contribution in [0.3, 0.4) is 0 Å². The van der Waals surface area contributed by atoms with E-state index in [1.807, 2.05) is 0 Å². The van der Waals surface area contributed by atoms with Gasteiger partial charge in [0.25, 0.3) is 0 Å². The lowest BCUT2D eigenvalue weighted by molar-refractivity contribution is -0.870. The minimum Gasteiger partial charge on any atom is -0.331 e. The van der Waals surface area contributed by atoms with E-state index in [0.29, 0.717) is 0 Å². The van der Waals surface area contributed by atoms with E-state index in [2.05, 4.69) is 157 Å². The molecule has 18 heteroatoms. The van der Waals surface area contributed by atoms with Crippen LogP contribution in [0.15, 0.2) is 13.5 Å². The highest BCUT2D eigenvalue weighted by molar-refractivity contribution is 7.83. The van der Waals surface area contributed by atoms with Crippen molar-refractivity contribution in [2.24, 2.45) is 13.5 Å². The molecule has 0 amide bonds. The van der Waals surface area contributed by atoms with Gasteiger partial charge in [0.15, 0.2) is 0 Å². The number of hydrogen-bond donors (Lipinski definition) is 6. The van der Waals surface area contributed by atoms with Crippen LogP contribution in [0.2, 0.25) is 0 Å². The second-order valence-electron chi connectivity index (χ2n) is 21.7. The van der Waals surface area contributed by atoms with Gasteiger partial charge in [0.05, 0.1) is 166 Å². The minimum absolute atomic E-state index is 0.852. The van der Waals surface area contributed by atoms with Crippen LogP contribution >= 0.6 is 22.5 Å². The van der Waals surface area contributed by atoms with Crippen molar-refractivity contribution in [3.05, 3.63) is 0 Å². The fourth-order valence-corrected chi connectivity index (χ4v) is 18.0. The maximum atomic E-state index is 5.88. The average molecular weight is 832 g/mol. The fraction of sp³-hybridized carbons (Fsp3) is 1.00. The quantitative estimate of drug-likeness (QED) is 0.0372. The van der Waals surface area contributed by atoms with Crippen molar-refractivity contribution in [1.82, 2.24) is 30.5 Å². The molecule has 0 aromatic carbocycles. The molecule has 0 spiro atoms. The Morgan fingerprint density at radius 1 is 0.259 bits per heavy atom. The molecule has 1 aliphatic heterocycles. The lowest BCUT2D eigenvalue weighted by Crippen LogP contribution is -2.39. The van der Waals surface area contributed by atoms with Gasteiger partial charge >= 0.3 is 0 Å². The van der Waals surface area contributed by atoms with Gasteiger partial charge in [0.2, 0.25) is 22.5 Å². The zero-order chi connectivity index (χ0) is 41.6. The van der Waals surface area contributed by atoms with Gasteiger partial charge in [-0.3, -0.25) is 30.5 Å². The Labute approximate surface area is 336 Å². The monoisotopic (exact) mass is 832 g/mol. The fourth-order valence-electron chi connectivity index (χ4n) is 5.89. The zero-order valence-corrected chi connectivity index (χ0v) is 41.8. The summed E-state index contributed by atoms with van der Waals surface area (Å²) in [5.74, 6) is 0. The molecule has 1 heterocycles. The molecule has 0 aliphatic carbocycles. The van der Waals surface area contributed by atoms with Crippen LogP contribution in [0.25, 0.3) is 0 Å². The SMILES string of the molecule is C[N+](C)(C)CCCNP1(NCCC[N+](C)(C)C)=NP(NCCC[N+](C)(C)C)(NCCC[N+](C)(C)C)=NP(NCCC[N+](C)(C)C)(NCCC[N+](C)(C)C)=N1. The summed E-state index contributed by atoms with van der Waals surface area (Å²) in [4.78, 5) is 0. The second-order valence-corrected chi connectivity index (χ2v) is 29.4. The molecule has 54 heavy (non-hydrogen) atoms. The van der Waals surface area contributed by atoms with Gasteiger partial charge < -0.3 is 26.9 Å². The third kappa shape index (κ3) is 26.3. The highest BCUT2D eigenvalue weighted by Gasteiger charge is 2.37. The van der Waals surface area contributed by atoms with Crippen LogP contribution < -0.4 is 30.5 Å². The van der Waals surface area contributed by atoms with E-state index >= 15 is 0 Å². The van der Waals surface area contributed by atoms with Crippen LogP contribution in [0.4, 0.5) is 0 Å². The first kappa shape index (κ1) is 52.2. The molecule has 1 rings (SSSR count). The first-order valence-electron chi connectivity index (χ1n) is 20.6. The zero-order valence-electron chi connectivity index (χ0n) is 39.1. The summed E-state index contributed by atoms with van der Waals surface area (Å²) in [5, 5.41) is 24.3. The number of rotatable bonds is 30. The number of hydrogen-bond acceptors (Lipinski definition) is 9. The standard InChI is InChI=1S/C36H96N15P3/c1-46(2,3)31-19-25-37-52(38-26-20-32-47(4,5)6)43-53(39-27-21-33-48(7,8)9,40-28-22-34-49(10,11)12)45-54(44-52,41-29-23-35-50(13,14)15)42-30-24-36-51(16,17)18/h37-42H,19-36H2,1-18H3/q+6. The maximum Gasteiger partial charge on any atom is 0.215 e. The molecule has 0 fully saturated rings. The Bertz CT molecular complexity index is 998. The Morgan fingerprint density at radius 3 is 0.500 bits per heavy atom. The molecule has 0 aromatic rings. The lowest BCUT2D eigenvalue weighted by Gasteiger charge is -2.38. The van der Waals surface area contributed by atoms with Crippen molar-refractivity contribution in [2.75, 3.05) is 205 Å². The van der Waals surface area contributed by atoms with Gasteiger partial charge in [-0.1, -0.05) is 0 Å². The molecular formula is C36H96N15P3+6. The van der Waals surface area contributed by atoms with E-state index in [1.165, 1.54) is 0 Å². The molecule has 1 aliphatic rings. The van der Waals surface area contributed by atoms with Gasteiger partial charge in [0, 0.05) is 77.8 Å². The molecule has 0 atom stereocenters. The predicted molar refractivity (Wildman–Crippen MR) is 241 cm³/mol. The van der Waals surface area contributed by atoms with Crippen molar-refractivity contribution in [3.8, 4) is 0 Å². The van der Waals surface area contributed by atoms with Gasteiger partial charge in [-0.05, 0) is 0 Å². The molecule has 0 unspecified atom stereocenters. The first-order chi connectivity index (χ1) is 24.4. The van der Waals surface area contributed by atoms with Crippen LogP contribution in [-0.4, -0.2) is 232 Å². The smallest absolute Gasteiger partial charge is 0.215 e. The number of nitrogens with zero attached hydrogens (tertiary/aromatic N) is 9. The summed E-state index contributed by atoms with van der Waals surface area (Å²) in [6, 6.07) is 0. The largest absolute Gasteiger partial charge is 0.331 e. The van der Waals surface area contributed by atoms with Crippen LogP contribution in [-0.2, 0) is 0 Å². The minimum atomic E-state index is -2.65. The van der Waals surface area contributed by atoms with E-state index in [1.54, 1.807) is 0 Å². The van der Waals surface area contributed by atoms with Gasteiger partial charge in [-0.15, -0.1) is 0 Å². The Balaban J connectivity index is 3.99. The molecular weight excluding hydrogens is 735 g/mol. The van der Waals surface area contributed by atoms with E-state index in [4.69, 9.17) is 13.5 Å². The molecule has 0 saturated heterocycles. The van der Waals surface area contributed by atoms with Gasteiger partial charge in [0.1, 0.15) is 0 Å². The predicted octanol–water partition coefficient (Wildman–Crippen LogP) is 3.95. The highest BCUT2D eigenvalue weighted by Crippen LogP contribution is 2.70. The first-order valence-corrected chi connectivity index (χ1v) is 25.7. The van der Waals surface area contributed by atoms with Crippen LogP contribution in [0.5, 0.6) is 0 Å². The van der Waals surface area contributed by atoms with Crippen LogP contribution in [0.1, 0.15) is 38.5 Å². The molecule has 324 valence electrons. The van der Waals surface area contributed by atoms with Crippen molar-refractivity contribution >= 4 is 22.5 Å². The average Bonchev–Trinajstić information content (AvgIpc) is 2.96. The Kier molecular flexibility index (Phi) is 21.3. The highest BCUT2D eigenvalue weighted by atomic mass is 31.3. The second kappa shape index (κ2) is 22.0. The summed E-state index contributed by atoms with van der Waals surface area (Å²) >= 11 is 0. The van der Waals surface area contributed by atoms with E-state index in [0.717, 1.165) is 144 Å². The van der Waals surface area contributed by atoms with E-state index < -0.39 is 22.5 Å². The molecule has 0 aromatic heterocycles. The topological polar surface area (TPSA) is 109 Å². The van der Waals surface area contributed by atoms with Crippen molar-refractivity contribution in [1.29, 1.82) is 0 Å².